The Morgan fingerprint density at radius 1 is 1.18 bits per heavy atom. The molecule has 2 N–H and O–H groups in total. The molecule has 1 aromatic heterocycles. The van der Waals surface area contributed by atoms with Gasteiger partial charge in [-0.1, -0.05) is 49.9 Å². The van der Waals surface area contributed by atoms with Crippen LogP contribution in [0.25, 0.3) is 0 Å². The van der Waals surface area contributed by atoms with Crippen LogP contribution in [0.4, 0.5) is 18.9 Å². The molecule has 0 aliphatic heterocycles. The van der Waals surface area contributed by atoms with E-state index in [2.05, 4.69) is 17.2 Å². The van der Waals surface area contributed by atoms with E-state index in [0.29, 0.717) is 37.2 Å². The Labute approximate surface area is 230 Å². The summed E-state index contributed by atoms with van der Waals surface area (Å²) in [4.78, 5) is 29.3. The largest absolute Gasteiger partial charge is 0.511 e. The second-order valence-electron chi connectivity index (χ2n) is 9.46. The van der Waals surface area contributed by atoms with Crippen molar-refractivity contribution in [1.82, 2.24) is 14.3 Å². The molecule has 39 heavy (non-hydrogen) atoms. The third-order valence-electron chi connectivity index (χ3n) is 6.67. The number of unbranched alkanes of at least 4 members (excludes halogenated alkanes) is 1. The summed E-state index contributed by atoms with van der Waals surface area (Å²) in [6, 6.07) is 5.68. The number of anilines is 1. The first-order valence-corrected chi connectivity index (χ1v) is 14.5. The molecule has 9 nitrogen and oxygen atoms in total. The monoisotopic (exact) mass is 592 g/mol. The summed E-state index contributed by atoms with van der Waals surface area (Å²) in [5, 5.41) is 2.92. The molecule has 1 amide bonds. The number of ether oxygens (including phenoxy) is 1. The molecule has 216 valence electrons. The maximum Gasteiger partial charge on any atom is 0.511 e. The highest BCUT2D eigenvalue weighted by Crippen LogP contribution is 2.30. The average Bonchev–Trinajstić information content (AvgIpc) is 3.16. The molecule has 0 unspecified atom stereocenters. The second-order valence-corrected chi connectivity index (χ2v) is 11.5. The van der Waals surface area contributed by atoms with Gasteiger partial charge in [-0.15, -0.1) is 0 Å². The summed E-state index contributed by atoms with van der Waals surface area (Å²) in [7, 11) is -4.27. The van der Waals surface area contributed by atoms with Gasteiger partial charge in [0, 0.05) is 24.7 Å². The lowest BCUT2D eigenvalue weighted by Gasteiger charge is -2.31. The summed E-state index contributed by atoms with van der Waals surface area (Å²) >= 11 is 6.34. The van der Waals surface area contributed by atoms with Crippen LogP contribution in [0.2, 0.25) is 5.15 Å². The molecular weight excluding hydrogens is 561 g/mol. The number of hydrogen-bond acceptors (Lipinski definition) is 6. The maximum atomic E-state index is 12.9. The number of imidazole rings is 1. The smallest absolute Gasteiger partial charge is 0.469 e. The zero-order valence-electron chi connectivity index (χ0n) is 21.7. The number of carbonyl (C=O) groups excluding carboxylic acids is 2. The molecule has 1 aliphatic carbocycles. The first kappa shape index (κ1) is 30.9. The van der Waals surface area contributed by atoms with Crippen molar-refractivity contribution >= 4 is 39.2 Å². The third-order valence-corrected chi connectivity index (χ3v) is 8.20. The summed E-state index contributed by atoms with van der Waals surface area (Å²) in [5.41, 5.74) is -3.67. The lowest BCUT2D eigenvalue weighted by atomic mass is 9.84. The number of nitrogens with zero attached hydrogens (tertiary/aromatic N) is 2. The Balaban J connectivity index is 1.73. The van der Waals surface area contributed by atoms with Crippen molar-refractivity contribution in [3.8, 4) is 0 Å². The topological polar surface area (TPSA) is 119 Å². The number of aromatic nitrogens is 2. The number of carbonyl (C=O) groups is 2. The lowest BCUT2D eigenvalue weighted by Crippen LogP contribution is -2.50. The van der Waals surface area contributed by atoms with Gasteiger partial charge in [0.05, 0.1) is 25.1 Å². The molecule has 0 saturated heterocycles. The van der Waals surface area contributed by atoms with Crippen molar-refractivity contribution in [3.05, 3.63) is 46.5 Å². The lowest BCUT2D eigenvalue weighted by molar-refractivity contribution is -0.139. The van der Waals surface area contributed by atoms with Crippen LogP contribution >= 0.6 is 11.6 Å². The minimum Gasteiger partial charge on any atom is -0.469 e. The van der Waals surface area contributed by atoms with Gasteiger partial charge < -0.3 is 14.6 Å². The Morgan fingerprint density at radius 2 is 1.85 bits per heavy atom. The van der Waals surface area contributed by atoms with Crippen LogP contribution in [-0.2, 0) is 43.7 Å². The number of sulfonamides is 1. The predicted octanol–water partition coefficient (Wildman–Crippen LogP) is 4.58. The van der Waals surface area contributed by atoms with E-state index in [1.54, 1.807) is 29.0 Å². The van der Waals surface area contributed by atoms with E-state index in [1.165, 1.54) is 7.11 Å². The second kappa shape index (κ2) is 13.1. The number of rotatable bonds is 11. The average molecular weight is 593 g/mol. The fourth-order valence-corrected chi connectivity index (χ4v) is 5.64. The van der Waals surface area contributed by atoms with E-state index >= 15 is 0 Å². The van der Waals surface area contributed by atoms with Gasteiger partial charge in [0.2, 0.25) is 5.91 Å². The highest BCUT2D eigenvalue weighted by Gasteiger charge is 2.48. The van der Waals surface area contributed by atoms with Crippen molar-refractivity contribution in [3.63, 3.8) is 0 Å². The molecule has 1 heterocycles. The zero-order chi connectivity index (χ0) is 28.8. The van der Waals surface area contributed by atoms with E-state index < -0.39 is 39.4 Å². The number of esters is 1. The summed E-state index contributed by atoms with van der Waals surface area (Å²) < 4.78 is 70.1. The van der Waals surface area contributed by atoms with Gasteiger partial charge in [0.25, 0.3) is 0 Å². The van der Waals surface area contributed by atoms with Gasteiger partial charge in [0.1, 0.15) is 5.82 Å². The van der Waals surface area contributed by atoms with Gasteiger partial charge in [-0.3, -0.25) is 9.59 Å². The molecule has 0 spiro atoms. The quantitative estimate of drug-likeness (QED) is 0.369. The molecule has 2 aromatic rings. The van der Waals surface area contributed by atoms with E-state index in [1.807, 2.05) is 4.57 Å². The number of alkyl halides is 3. The van der Waals surface area contributed by atoms with Gasteiger partial charge in [-0.05, 0) is 37.0 Å². The third kappa shape index (κ3) is 7.95. The summed E-state index contributed by atoms with van der Waals surface area (Å²) in [5.74, 6) is -1.20. The highest BCUT2D eigenvalue weighted by atomic mass is 35.5. The zero-order valence-corrected chi connectivity index (χ0v) is 23.3. The van der Waals surface area contributed by atoms with Gasteiger partial charge in [-0.2, -0.15) is 13.2 Å². The van der Waals surface area contributed by atoms with E-state index in [9.17, 15) is 31.2 Å². The Kier molecular flexibility index (Phi) is 10.4. The SMILES string of the molecule is CCCCc1nc(Cl)c(CC(=O)OC)n1Cc1ccc(NC(=O)[C@@H]2CCCC[C@H]2NS(=O)(=O)C(F)(F)F)cc1. The minimum atomic E-state index is -5.57. The minimum absolute atomic E-state index is 0.0384. The van der Waals surface area contributed by atoms with E-state index in [0.717, 1.165) is 24.2 Å². The van der Waals surface area contributed by atoms with Crippen LogP contribution in [0, 0.1) is 5.92 Å². The molecule has 0 bridgehead atoms. The highest BCUT2D eigenvalue weighted by molar-refractivity contribution is 7.90. The van der Waals surface area contributed by atoms with Crippen molar-refractivity contribution in [1.29, 1.82) is 0 Å². The fraction of sp³-hybridized carbons (Fsp3) is 0.560. The first-order chi connectivity index (χ1) is 18.4. The number of methoxy groups -OCH3 is 1. The standard InChI is InChI=1S/C25H32ClF3N4O5S/c1-3-4-9-21-31-23(26)20(14-22(34)38-2)33(21)15-16-10-12-17(13-11-16)30-24(35)18-7-5-6-8-19(18)32-39(36,37)25(27,28)29/h10-13,18-19,32H,3-9,14-15H2,1-2H3,(H,30,35)/t18-,19-/m1/s1. The summed E-state index contributed by atoms with van der Waals surface area (Å²) in [6.07, 6.45) is 3.98. The number of halogens is 4. The molecule has 14 heteroatoms. The van der Waals surface area contributed by atoms with Crippen LogP contribution in [0.3, 0.4) is 0 Å². The number of aryl methyl sites for hydroxylation is 1. The van der Waals surface area contributed by atoms with E-state index in [-0.39, 0.29) is 24.4 Å². The predicted molar refractivity (Wildman–Crippen MR) is 140 cm³/mol. The van der Waals surface area contributed by atoms with Gasteiger partial charge in [-0.25, -0.2) is 18.1 Å². The number of benzene rings is 1. The summed E-state index contributed by atoms with van der Waals surface area (Å²) in [6.45, 7) is 2.42. The number of amides is 1. The number of nitrogens with one attached hydrogen (secondary N) is 2. The molecular formula is C25H32ClF3N4O5S. The van der Waals surface area contributed by atoms with Crippen LogP contribution < -0.4 is 10.0 Å². The molecule has 2 atom stereocenters. The van der Waals surface area contributed by atoms with Gasteiger partial charge >= 0.3 is 21.5 Å². The van der Waals surface area contributed by atoms with Gasteiger partial charge in [0.15, 0.2) is 5.15 Å². The van der Waals surface area contributed by atoms with Crippen molar-refractivity contribution in [2.24, 2.45) is 5.92 Å². The molecule has 1 aliphatic rings. The Bertz CT molecular complexity index is 1270. The van der Waals surface area contributed by atoms with Crippen molar-refractivity contribution in [2.45, 2.75) is 76.4 Å². The molecule has 1 fully saturated rings. The Hall–Kier alpha value is -2.64. The van der Waals surface area contributed by atoms with Crippen molar-refractivity contribution < 1.29 is 35.9 Å². The van der Waals surface area contributed by atoms with E-state index in [4.69, 9.17) is 16.3 Å². The molecule has 1 saturated carbocycles. The fourth-order valence-electron chi connectivity index (χ4n) is 4.56. The normalized spacial score (nSPS) is 18.1. The maximum absolute atomic E-state index is 12.9. The van der Waals surface area contributed by atoms with Crippen LogP contribution in [0.5, 0.6) is 0 Å². The van der Waals surface area contributed by atoms with Crippen molar-refractivity contribution in [2.75, 3.05) is 12.4 Å². The molecule has 3 rings (SSSR count). The molecule has 0 radical (unpaired) electrons. The Morgan fingerprint density at radius 3 is 2.46 bits per heavy atom. The first-order valence-electron chi connectivity index (χ1n) is 12.6. The van der Waals surface area contributed by atoms with Crippen LogP contribution in [0.1, 0.15) is 62.5 Å². The number of hydrogen-bond donors (Lipinski definition) is 2. The molecule has 1 aromatic carbocycles. The van der Waals surface area contributed by atoms with Crippen LogP contribution in [0.15, 0.2) is 24.3 Å². The van der Waals surface area contributed by atoms with Crippen LogP contribution in [-0.4, -0.2) is 48.5 Å².